The minimum atomic E-state index is -3.61. The summed E-state index contributed by atoms with van der Waals surface area (Å²) in [5.41, 5.74) is 1.80. The molecule has 0 N–H and O–H groups in total. The molecule has 0 unspecified atom stereocenters. The van der Waals surface area contributed by atoms with Gasteiger partial charge in [0.05, 0.1) is 4.90 Å². The van der Waals surface area contributed by atoms with Crippen LogP contribution in [0, 0.1) is 0 Å². The fraction of sp³-hybridized carbons (Fsp3) is 0.333. The largest absolute Gasteiger partial charge is 0.374 e. The second kappa shape index (κ2) is 3.14. The average molecular weight is 232 g/mol. The Labute approximate surface area is 87.7 Å². The van der Waals surface area contributed by atoms with Crippen molar-refractivity contribution in [1.82, 2.24) is 0 Å². The summed E-state index contributed by atoms with van der Waals surface area (Å²) in [7, 11) is 3.68. The summed E-state index contributed by atoms with van der Waals surface area (Å²) in [5, 5.41) is 0. The maximum absolute atomic E-state index is 11.2. The fourth-order valence-corrected chi connectivity index (χ4v) is 2.97. The van der Waals surface area contributed by atoms with E-state index in [9.17, 15) is 8.42 Å². The summed E-state index contributed by atoms with van der Waals surface area (Å²) in [6, 6.07) is 5.18. The van der Waals surface area contributed by atoms with Crippen LogP contribution in [0.1, 0.15) is 5.56 Å². The van der Waals surface area contributed by atoms with E-state index in [-0.39, 0.29) is 4.90 Å². The summed E-state index contributed by atoms with van der Waals surface area (Å²) >= 11 is 0. The Hall–Kier alpha value is -0.740. The van der Waals surface area contributed by atoms with Crippen molar-refractivity contribution >= 4 is 25.4 Å². The van der Waals surface area contributed by atoms with Gasteiger partial charge in [-0.1, -0.05) is 6.07 Å². The molecule has 1 aromatic rings. The number of nitrogens with zero attached hydrogens (tertiary/aromatic N) is 1. The molecule has 0 spiro atoms. The Kier molecular flexibility index (Phi) is 2.20. The third-order valence-electron chi connectivity index (χ3n) is 2.48. The fourth-order valence-electron chi connectivity index (χ4n) is 1.79. The lowest BCUT2D eigenvalue weighted by molar-refractivity contribution is 0.609. The molecule has 0 amide bonds. The van der Waals surface area contributed by atoms with E-state index < -0.39 is 9.05 Å². The van der Waals surface area contributed by atoms with E-state index in [2.05, 4.69) is 0 Å². The predicted molar refractivity (Wildman–Crippen MR) is 56.5 cm³/mol. The van der Waals surface area contributed by atoms with Crippen LogP contribution in [0.25, 0.3) is 0 Å². The molecule has 0 bridgehead atoms. The molecule has 0 atom stereocenters. The summed E-state index contributed by atoms with van der Waals surface area (Å²) in [6.45, 7) is 0.846. The Morgan fingerprint density at radius 2 is 2.14 bits per heavy atom. The van der Waals surface area contributed by atoms with E-state index in [4.69, 9.17) is 10.7 Å². The monoisotopic (exact) mass is 231 g/mol. The standard InChI is InChI=1S/C9H10ClNO2S/c1-11-6-5-7-8(11)3-2-4-9(7)14(10,12)13/h2-4H,5-6H2,1H3. The molecule has 14 heavy (non-hydrogen) atoms. The van der Waals surface area contributed by atoms with Gasteiger partial charge in [0.1, 0.15) is 0 Å². The number of hydrogen-bond donors (Lipinski definition) is 0. The van der Waals surface area contributed by atoms with Crippen molar-refractivity contribution in [1.29, 1.82) is 0 Å². The van der Waals surface area contributed by atoms with Crippen LogP contribution in [-0.2, 0) is 15.5 Å². The first-order chi connectivity index (χ1) is 6.50. The minimum absolute atomic E-state index is 0.251. The van der Waals surface area contributed by atoms with Gasteiger partial charge in [0.15, 0.2) is 0 Å². The number of hydrogen-bond acceptors (Lipinski definition) is 3. The lowest BCUT2D eigenvalue weighted by Crippen LogP contribution is -2.12. The van der Waals surface area contributed by atoms with Crippen molar-refractivity contribution < 1.29 is 8.42 Å². The van der Waals surface area contributed by atoms with Crippen LogP contribution in [0.2, 0.25) is 0 Å². The second-order valence-electron chi connectivity index (χ2n) is 3.36. The maximum atomic E-state index is 11.2. The molecule has 1 heterocycles. The summed E-state index contributed by atoms with van der Waals surface area (Å²) < 4.78 is 22.5. The first kappa shape index (κ1) is 9.80. The van der Waals surface area contributed by atoms with Crippen molar-refractivity contribution in [2.75, 3.05) is 18.5 Å². The zero-order chi connectivity index (χ0) is 10.3. The highest BCUT2D eigenvalue weighted by molar-refractivity contribution is 8.13. The second-order valence-corrected chi connectivity index (χ2v) is 5.90. The van der Waals surface area contributed by atoms with Gasteiger partial charge in [0.2, 0.25) is 0 Å². The van der Waals surface area contributed by atoms with E-state index in [0.29, 0.717) is 0 Å². The van der Waals surface area contributed by atoms with Crippen LogP contribution in [0.3, 0.4) is 0 Å². The molecule has 2 rings (SSSR count). The van der Waals surface area contributed by atoms with Crippen molar-refractivity contribution in [2.24, 2.45) is 0 Å². The maximum Gasteiger partial charge on any atom is 0.261 e. The highest BCUT2D eigenvalue weighted by Crippen LogP contribution is 2.33. The van der Waals surface area contributed by atoms with Gasteiger partial charge in [-0.25, -0.2) is 8.42 Å². The molecule has 0 aliphatic carbocycles. The summed E-state index contributed by atoms with van der Waals surface area (Å²) in [6.07, 6.45) is 0.744. The molecule has 3 nitrogen and oxygen atoms in total. The third kappa shape index (κ3) is 1.48. The van der Waals surface area contributed by atoms with E-state index in [1.54, 1.807) is 12.1 Å². The van der Waals surface area contributed by atoms with Crippen molar-refractivity contribution in [3.05, 3.63) is 23.8 Å². The molecule has 0 saturated heterocycles. The van der Waals surface area contributed by atoms with Crippen LogP contribution in [-0.4, -0.2) is 22.0 Å². The molecule has 0 saturated carbocycles. The molecule has 0 radical (unpaired) electrons. The van der Waals surface area contributed by atoms with Gasteiger partial charge in [0.25, 0.3) is 9.05 Å². The summed E-state index contributed by atoms with van der Waals surface area (Å²) in [4.78, 5) is 2.28. The topological polar surface area (TPSA) is 37.4 Å². The molecule has 76 valence electrons. The number of anilines is 1. The zero-order valence-electron chi connectivity index (χ0n) is 7.70. The predicted octanol–water partition coefficient (Wildman–Crippen LogP) is 1.61. The SMILES string of the molecule is CN1CCc2c1cccc2S(=O)(=O)Cl. The lowest BCUT2D eigenvalue weighted by Gasteiger charge is -2.11. The lowest BCUT2D eigenvalue weighted by atomic mass is 10.2. The van der Waals surface area contributed by atoms with E-state index in [0.717, 1.165) is 24.2 Å². The number of benzene rings is 1. The molecular weight excluding hydrogens is 222 g/mol. The Bertz CT molecular complexity index is 470. The molecule has 5 heteroatoms. The van der Waals surface area contributed by atoms with Crippen molar-refractivity contribution in [2.45, 2.75) is 11.3 Å². The van der Waals surface area contributed by atoms with Crippen LogP contribution < -0.4 is 4.90 Å². The van der Waals surface area contributed by atoms with Crippen molar-refractivity contribution in [3.8, 4) is 0 Å². The highest BCUT2D eigenvalue weighted by atomic mass is 35.7. The highest BCUT2D eigenvalue weighted by Gasteiger charge is 2.23. The molecule has 1 aromatic carbocycles. The average Bonchev–Trinajstić information content (AvgIpc) is 2.46. The Morgan fingerprint density at radius 3 is 2.79 bits per heavy atom. The number of halogens is 1. The van der Waals surface area contributed by atoms with Crippen LogP contribution in [0.15, 0.2) is 23.1 Å². The Morgan fingerprint density at radius 1 is 1.43 bits per heavy atom. The molecule has 0 fully saturated rings. The third-order valence-corrected chi connectivity index (χ3v) is 3.89. The van der Waals surface area contributed by atoms with Crippen molar-refractivity contribution in [3.63, 3.8) is 0 Å². The number of likely N-dealkylation sites (N-methyl/N-ethyl adjacent to an activating group) is 1. The van der Waals surface area contributed by atoms with Gasteiger partial charge in [-0.2, -0.15) is 0 Å². The van der Waals surface area contributed by atoms with Gasteiger partial charge in [0, 0.05) is 30.0 Å². The zero-order valence-corrected chi connectivity index (χ0v) is 9.27. The van der Waals surface area contributed by atoms with Crippen LogP contribution >= 0.6 is 10.7 Å². The van der Waals surface area contributed by atoms with Gasteiger partial charge in [-0.05, 0) is 24.1 Å². The first-order valence-electron chi connectivity index (χ1n) is 4.28. The van der Waals surface area contributed by atoms with Crippen LogP contribution in [0.4, 0.5) is 5.69 Å². The number of rotatable bonds is 1. The number of fused-ring (bicyclic) bond motifs is 1. The quantitative estimate of drug-likeness (QED) is 0.690. The molecule has 1 aliphatic rings. The first-order valence-corrected chi connectivity index (χ1v) is 6.59. The van der Waals surface area contributed by atoms with E-state index in [1.807, 2.05) is 18.0 Å². The molecular formula is C9H10ClNO2S. The van der Waals surface area contributed by atoms with Gasteiger partial charge in [-0.3, -0.25) is 0 Å². The van der Waals surface area contributed by atoms with Crippen LogP contribution in [0.5, 0.6) is 0 Å². The van der Waals surface area contributed by atoms with Gasteiger partial charge < -0.3 is 4.90 Å². The van der Waals surface area contributed by atoms with Gasteiger partial charge in [-0.15, -0.1) is 0 Å². The molecule has 1 aliphatic heterocycles. The molecule has 0 aromatic heterocycles. The van der Waals surface area contributed by atoms with E-state index >= 15 is 0 Å². The minimum Gasteiger partial charge on any atom is -0.374 e. The van der Waals surface area contributed by atoms with E-state index in [1.165, 1.54) is 0 Å². The summed E-state index contributed by atoms with van der Waals surface area (Å²) in [5.74, 6) is 0. The van der Waals surface area contributed by atoms with Gasteiger partial charge >= 0.3 is 0 Å². The Balaban J connectivity index is 2.67. The smallest absolute Gasteiger partial charge is 0.261 e. The normalized spacial score (nSPS) is 15.7.